The number of halogens is 2. The summed E-state index contributed by atoms with van der Waals surface area (Å²) in [6, 6.07) is 4.87. The van der Waals surface area contributed by atoms with Crippen LogP contribution in [-0.4, -0.2) is 22.5 Å². The zero-order valence-corrected chi connectivity index (χ0v) is 13.4. The first-order valence-corrected chi connectivity index (χ1v) is 7.16. The number of hydrogen-bond acceptors (Lipinski definition) is 6. The zero-order valence-electron chi connectivity index (χ0n) is 11.8. The Balaban J connectivity index is 2.45. The smallest absolute Gasteiger partial charge is 0.345 e. The minimum atomic E-state index is -0.855. The van der Waals surface area contributed by atoms with Gasteiger partial charge in [0.25, 0.3) is 0 Å². The van der Waals surface area contributed by atoms with Gasteiger partial charge in [-0.1, -0.05) is 0 Å². The number of nitro groups is 1. The summed E-state index contributed by atoms with van der Waals surface area (Å²) in [7, 11) is 0. The van der Waals surface area contributed by atoms with Crippen molar-refractivity contribution in [2.24, 2.45) is 0 Å². The van der Waals surface area contributed by atoms with Crippen LogP contribution in [0.2, 0.25) is 0 Å². The van der Waals surface area contributed by atoms with Crippen LogP contribution in [0.3, 0.4) is 0 Å². The van der Waals surface area contributed by atoms with Crippen molar-refractivity contribution in [3.63, 3.8) is 0 Å². The van der Waals surface area contributed by atoms with Crippen LogP contribution in [0.15, 0.2) is 34.9 Å². The Morgan fingerprint density at radius 3 is 2.78 bits per heavy atom. The second-order valence-corrected chi connectivity index (χ2v) is 5.02. The lowest BCUT2D eigenvalue weighted by molar-refractivity contribution is -0.386. The van der Waals surface area contributed by atoms with E-state index in [1.807, 2.05) is 0 Å². The molecule has 0 bridgehead atoms. The molecule has 9 heteroatoms. The molecule has 0 amide bonds. The lowest BCUT2D eigenvalue weighted by atomic mass is 10.2. The van der Waals surface area contributed by atoms with E-state index in [-0.39, 0.29) is 28.3 Å². The van der Waals surface area contributed by atoms with Crippen molar-refractivity contribution >= 4 is 27.6 Å². The third kappa shape index (κ3) is 3.81. The fraction of sp³-hybridized carbons (Fsp3) is 0.143. The predicted octanol–water partition coefficient (Wildman–Crippen LogP) is 3.86. The minimum absolute atomic E-state index is 0.0689. The molecule has 0 N–H and O–H groups in total. The normalized spacial score (nSPS) is 10.2. The summed E-state index contributed by atoms with van der Waals surface area (Å²) in [5, 5.41) is 11.3. The van der Waals surface area contributed by atoms with Crippen LogP contribution < -0.4 is 4.74 Å². The van der Waals surface area contributed by atoms with Crippen molar-refractivity contribution in [3.05, 3.63) is 56.4 Å². The van der Waals surface area contributed by atoms with Crippen molar-refractivity contribution in [2.45, 2.75) is 6.92 Å². The maximum atomic E-state index is 13.2. The van der Waals surface area contributed by atoms with Gasteiger partial charge in [0.05, 0.1) is 16.0 Å². The highest BCUT2D eigenvalue weighted by Crippen LogP contribution is 2.33. The molecule has 0 unspecified atom stereocenters. The van der Waals surface area contributed by atoms with Crippen molar-refractivity contribution < 1.29 is 23.6 Å². The largest absolute Gasteiger partial charge is 0.462 e. The van der Waals surface area contributed by atoms with Crippen LogP contribution in [0.1, 0.15) is 17.3 Å². The number of aromatic nitrogens is 1. The van der Waals surface area contributed by atoms with Gasteiger partial charge in [0, 0.05) is 6.20 Å². The summed E-state index contributed by atoms with van der Waals surface area (Å²) in [5.41, 5.74) is -0.894. The quantitative estimate of drug-likeness (QED) is 0.441. The van der Waals surface area contributed by atoms with E-state index in [4.69, 9.17) is 9.47 Å². The van der Waals surface area contributed by atoms with E-state index in [1.54, 1.807) is 6.92 Å². The van der Waals surface area contributed by atoms with Gasteiger partial charge < -0.3 is 9.47 Å². The first-order valence-electron chi connectivity index (χ1n) is 6.37. The molecule has 1 heterocycles. The molecule has 120 valence electrons. The Morgan fingerprint density at radius 2 is 2.17 bits per heavy atom. The SMILES string of the molecule is CCOC(=O)c1ccnc(Oc2ccc(F)c(Br)c2)c1[N+](=O)[O-]. The van der Waals surface area contributed by atoms with Gasteiger partial charge in [-0.25, -0.2) is 14.2 Å². The van der Waals surface area contributed by atoms with Crippen LogP contribution in [0, 0.1) is 15.9 Å². The number of carbonyl (C=O) groups excluding carboxylic acids is 1. The molecule has 2 rings (SSSR count). The average molecular weight is 385 g/mol. The highest BCUT2D eigenvalue weighted by atomic mass is 79.9. The van der Waals surface area contributed by atoms with Gasteiger partial charge in [-0.2, -0.15) is 0 Å². The number of carbonyl (C=O) groups is 1. The molecule has 1 aromatic heterocycles. The van der Waals surface area contributed by atoms with Crippen LogP contribution in [0.25, 0.3) is 0 Å². The van der Waals surface area contributed by atoms with E-state index in [0.717, 1.165) is 6.07 Å². The number of esters is 1. The van der Waals surface area contributed by atoms with Crippen LogP contribution in [0.4, 0.5) is 10.1 Å². The van der Waals surface area contributed by atoms with Gasteiger partial charge >= 0.3 is 17.5 Å². The van der Waals surface area contributed by atoms with Crippen LogP contribution in [0.5, 0.6) is 11.6 Å². The van der Waals surface area contributed by atoms with Gasteiger partial charge in [-0.15, -0.1) is 0 Å². The highest BCUT2D eigenvalue weighted by molar-refractivity contribution is 9.10. The second kappa shape index (κ2) is 7.14. The average Bonchev–Trinajstić information content (AvgIpc) is 2.50. The second-order valence-electron chi connectivity index (χ2n) is 4.17. The third-order valence-corrected chi connectivity index (χ3v) is 3.28. The van der Waals surface area contributed by atoms with E-state index in [2.05, 4.69) is 20.9 Å². The van der Waals surface area contributed by atoms with Crippen LogP contribution >= 0.6 is 15.9 Å². The summed E-state index contributed by atoms with van der Waals surface area (Å²) in [4.78, 5) is 26.1. The Morgan fingerprint density at radius 1 is 1.43 bits per heavy atom. The van der Waals surface area contributed by atoms with Crippen molar-refractivity contribution in [1.29, 1.82) is 0 Å². The Labute approximate surface area is 138 Å². The zero-order chi connectivity index (χ0) is 17.0. The number of rotatable bonds is 5. The van der Waals surface area contributed by atoms with Crippen molar-refractivity contribution in [2.75, 3.05) is 6.61 Å². The van der Waals surface area contributed by atoms with E-state index in [1.165, 1.54) is 24.4 Å². The first-order chi connectivity index (χ1) is 10.9. The molecule has 0 saturated heterocycles. The Bertz CT molecular complexity index is 769. The maximum absolute atomic E-state index is 13.2. The van der Waals surface area contributed by atoms with E-state index in [0.29, 0.717) is 0 Å². The molecule has 7 nitrogen and oxygen atoms in total. The van der Waals surface area contributed by atoms with E-state index >= 15 is 0 Å². The van der Waals surface area contributed by atoms with Crippen LogP contribution in [-0.2, 0) is 4.74 Å². The number of pyridine rings is 1. The standard InChI is InChI=1S/C14H10BrFN2O5/c1-2-22-14(19)9-5-6-17-13(12(9)18(20)21)23-8-3-4-11(16)10(15)7-8/h3-7H,2H2,1H3. The lowest BCUT2D eigenvalue weighted by Gasteiger charge is -2.08. The van der Waals surface area contributed by atoms with E-state index in [9.17, 15) is 19.3 Å². The minimum Gasteiger partial charge on any atom is -0.462 e. The molecule has 0 atom stereocenters. The molecular formula is C14H10BrFN2O5. The fourth-order valence-electron chi connectivity index (χ4n) is 1.71. The molecule has 1 aromatic carbocycles. The Hall–Kier alpha value is -2.55. The maximum Gasteiger partial charge on any atom is 0.345 e. The van der Waals surface area contributed by atoms with Gasteiger partial charge in [0.1, 0.15) is 17.1 Å². The number of benzene rings is 1. The lowest BCUT2D eigenvalue weighted by Crippen LogP contribution is -2.09. The van der Waals surface area contributed by atoms with E-state index < -0.39 is 22.4 Å². The van der Waals surface area contributed by atoms with Gasteiger partial charge in [0.15, 0.2) is 0 Å². The number of nitrogens with zero attached hydrogens (tertiary/aromatic N) is 2. The van der Waals surface area contributed by atoms with Gasteiger partial charge in [-0.3, -0.25) is 10.1 Å². The van der Waals surface area contributed by atoms with Gasteiger partial charge in [-0.05, 0) is 47.1 Å². The Kier molecular flexibility index (Phi) is 5.22. The molecule has 0 spiro atoms. The molecule has 0 radical (unpaired) electrons. The molecule has 0 aliphatic carbocycles. The molecule has 2 aromatic rings. The summed E-state index contributed by atoms with van der Waals surface area (Å²) in [5.74, 6) is -1.64. The molecule has 0 aliphatic rings. The van der Waals surface area contributed by atoms with Crippen molar-refractivity contribution in [1.82, 2.24) is 4.98 Å². The fourth-order valence-corrected chi connectivity index (χ4v) is 2.07. The molecule has 0 fully saturated rings. The number of hydrogen-bond donors (Lipinski definition) is 0. The first kappa shape index (κ1) is 16.8. The molecule has 0 saturated carbocycles. The topological polar surface area (TPSA) is 91.6 Å². The molecule has 0 aliphatic heterocycles. The summed E-state index contributed by atoms with van der Waals surface area (Å²) < 4.78 is 23.4. The summed E-state index contributed by atoms with van der Waals surface area (Å²) in [6.07, 6.45) is 1.19. The predicted molar refractivity (Wildman–Crippen MR) is 81.0 cm³/mol. The van der Waals surface area contributed by atoms with Crippen molar-refractivity contribution in [3.8, 4) is 11.6 Å². The number of ether oxygens (including phenoxy) is 2. The highest BCUT2D eigenvalue weighted by Gasteiger charge is 2.28. The third-order valence-electron chi connectivity index (χ3n) is 2.67. The summed E-state index contributed by atoms with van der Waals surface area (Å²) in [6.45, 7) is 1.65. The van der Waals surface area contributed by atoms with Gasteiger partial charge in [0.2, 0.25) is 0 Å². The summed E-state index contributed by atoms with van der Waals surface area (Å²) >= 11 is 2.98. The monoisotopic (exact) mass is 384 g/mol. The molecular weight excluding hydrogens is 375 g/mol. The molecule has 23 heavy (non-hydrogen) atoms.